The molecule has 1 fully saturated rings. The van der Waals surface area contributed by atoms with Crippen LogP contribution in [0.15, 0.2) is 17.0 Å². The number of carbonyl (C=O) groups excluding carboxylic acids is 1. The molecule has 1 aliphatic carbocycles. The molecule has 2 rings (SSSR count). The van der Waals surface area contributed by atoms with Crippen LogP contribution in [0.5, 0.6) is 0 Å². The first-order valence-corrected chi connectivity index (χ1v) is 8.09. The van der Waals surface area contributed by atoms with Gasteiger partial charge in [0.05, 0.1) is 5.75 Å². The van der Waals surface area contributed by atoms with Crippen molar-refractivity contribution in [2.75, 3.05) is 17.6 Å². The van der Waals surface area contributed by atoms with Crippen molar-refractivity contribution < 1.29 is 4.79 Å². The van der Waals surface area contributed by atoms with Gasteiger partial charge in [-0.1, -0.05) is 29.2 Å². The zero-order chi connectivity index (χ0) is 13.7. The first-order chi connectivity index (χ1) is 9.19. The van der Waals surface area contributed by atoms with E-state index in [0.29, 0.717) is 24.3 Å². The maximum Gasteiger partial charge on any atom is 0.230 e. The van der Waals surface area contributed by atoms with Crippen molar-refractivity contribution in [3.05, 3.63) is 12.7 Å². The van der Waals surface area contributed by atoms with Crippen molar-refractivity contribution in [3.63, 3.8) is 0 Å². The summed E-state index contributed by atoms with van der Waals surface area (Å²) in [6, 6.07) is 0.298. The summed E-state index contributed by atoms with van der Waals surface area (Å²) in [5.74, 6) is 1.15. The van der Waals surface area contributed by atoms with Crippen LogP contribution in [0.4, 0.5) is 5.13 Å². The molecule has 0 spiro atoms. The highest BCUT2D eigenvalue weighted by Gasteiger charge is 2.28. The average molecular weight is 298 g/mol. The Balaban J connectivity index is 1.70. The fraction of sp³-hybridized carbons (Fsp3) is 0.583. The third-order valence-electron chi connectivity index (χ3n) is 2.85. The summed E-state index contributed by atoms with van der Waals surface area (Å²) in [4.78, 5) is 11.7. The topological polar surface area (TPSA) is 66.9 Å². The molecule has 1 heterocycles. The van der Waals surface area contributed by atoms with Crippen LogP contribution in [0.3, 0.4) is 0 Å². The number of rotatable bonds is 8. The molecule has 1 aliphatic rings. The van der Waals surface area contributed by atoms with Crippen LogP contribution >= 0.6 is 23.1 Å². The first-order valence-electron chi connectivity index (χ1n) is 6.29. The van der Waals surface area contributed by atoms with Gasteiger partial charge >= 0.3 is 0 Å². The summed E-state index contributed by atoms with van der Waals surface area (Å²) in [6.07, 6.45) is 4.24. The number of nitrogens with one attached hydrogen (secondary N) is 2. The molecule has 0 saturated heterocycles. The highest BCUT2D eigenvalue weighted by atomic mass is 32.2. The SMILES string of the molecule is C=CCNc1nnc(SCC(=O)N[C@H](C)C2CC2)s1. The van der Waals surface area contributed by atoms with Crippen molar-refractivity contribution in [3.8, 4) is 0 Å². The van der Waals surface area contributed by atoms with E-state index < -0.39 is 0 Å². The lowest BCUT2D eigenvalue weighted by atomic mass is 10.2. The number of aromatic nitrogens is 2. The van der Waals surface area contributed by atoms with Gasteiger partial charge in [-0.2, -0.15) is 0 Å². The highest BCUT2D eigenvalue weighted by Crippen LogP contribution is 2.32. The molecule has 1 aromatic heterocycles. The van der Waals surface area contributed by atoms with Gasteiger partial charge in [0.2, 0.25) is 11.0 Å². The lowest BCUT2D eigenvalue weighted by Gasteiger charge is -2.11. The zero-order valence-electron chi connectivity index (χ0n) is 10.9. The predicted octanol–water partition coefficient (Wildman–Crippen LogP) is 2.14. The Morgan fingerprint density at radius 3 is 3.11 bits per heavy atom. The van der Waals surface area contributed by atoms with E-state index >= 15 is 0 Å². The number of hydrogen-bond acceptors (Lipinski definition) is 6. The van der Waals surface area contributed by atoms with E-state index in [0.717, 1.165) is 9.47 Å². The molecule has 7 heteroatoms. The number of carbonyl (C=O) groups is 1. The molecular weight excluding hydrogens is 280 g/mol. The predicted molar refractivity (Wildman–Crippen MR) is 79.6 cm³/mol. The third kappa shape index (κ3) is 4.83. The van der Waals surface area contributed by atoms with Crippen LogP contribution in [-0.2, 0) is 4.79 Å². The van der Waals surface area contributed by atoms with Gasteiger partial charge in [-0.25, -0.2) is 0 Å². The molecule has 1 atom stereocenters. The summed E-state index contributed by atoms with van der Waals surface area (Å²) >= 11 is 2.88. The van der Waals surface area contributed by atoms with E-state index in [1.54, 1.807) is 6.08 Å². The van der Waals surface area contributed by atoms with E-state index in [2.05, 4.69) is 34.3 Å². The van der Waals surface area contributed by atoms with Crippen molar-refractivity contribution in [1.82, 2.24) is 15.5 Å². The van der Waals surface area contributed by atoms with Crippen molar-refractivity contribution in [2.24, 2.45) is 5.92 Å². The fourth-order valence-corrected chi connectivity index (χ4v) is 3.21. The summed E-state index contributed by atoms with van der Waals surface area (Å²) in [6.45, 7) is 6.36. The maximum atomic E-state index is 11.7. The van der Waals surface area contributed by atoms with E-state index in [1.807, 2.05) is 0 Å². The molecule has 1 amide bonds. The Bertz CT molecular complexity index is 445. The van der Waals surface area contributed by atoms with Gasteiger partial charge in [0, 0.05) is 12.6 Å². The number of amides is 1. The molecule has 0 radical (unpaired) electrons. The second-order valence-electron chi connectivity index (χ2n) is 4.52. The van der Waals surface area contributed by atoms with Gasteiger partial charge in [-0.15, -0.1) is 16.8 Å². The monoisotopic (exact) mass is 298 g/mol. The molecule has 0 bridgehead atoms. The minimum absolute atomic E-state index is 0.0696. The van der Waals surface area contributed by atoms with Gasteiger partial charge in [0.15, 0.2) is 4.34 Å². The van der Waals surface area contributed by atoms with E-state index in [9.17, 15) is 4.79 Å². The average Bonchev–Trinajstić information content (AvgIpc) is 3.15. The quantitative estimate of drug-likeness (QED) is 0.568. The number of nitrogens with zero attached hydrogens (tertiary/aromatic N) is 2. The van der Waals surface area contributed by atoms with E-state index in [1.165, 1.54) is 35.9 Å². The summed E-state index contributed by atoms with van der Waals surface area (Å²) in [5, 5.41) is 14.9. The van der Waals surface area contributed by atoms with Crippen LogP contribution < -0.4 is 10.6 Å². The number of anilines is 1. The van der Waals surface area contributed by atoms with Gasteiger partial charge < -0.3 is 10.6 Å². The van der Waals surface area contributed by atoms with Crippen LogP contribution in [0.1, 0.15) is 19.8 Å². The Kier molecular flexibility index (Phi) is 5.21. The smallest absolute Gasteiger partial charge is 0.230 e. The lowest BCUT2D eigenvalue weighted by molar-refractivity contribution is -0.119. The van der Waals surface area contributed by atoms with Gasteiger partial charge in [0.25, 0.3) is 0 Å². The van der Waals surface area contributed by atoms with Gasteiger partial charge in [-0.05, 0) is 25.7 Å². The number of hydrogen-bond donors (Lipinski definition) is 2. The molecule has 0 aromatic carbocycles. The Labute approximate surface area is 121 Å². The minimum Gasteiger partial charge on any atom is -0.357 e. The minimum atomic E-state index is 0.0696. The molecular formula is C12H18N4OS2. The molecule has 5 nitrogen and oxygen atoms in total. The van der Waals surface area contributed by atoms with Gasteiger partial charge in [0.1, 0.15) is 0 Å². The molecule has 104 valence electrons. The van der Waals surface area contributed by atoms with Crippen molar-refractivity contribution in [2.45, 2.75) is 30.1 Å². The first kappa shape index (κ1) is 14.3. The van der Waals surface area contributed by atoms with Crippen LogP contribution in [0.2, 0.25) is 0 Å². The molecule has 0 unspecified atom stereocenters. The summed E-state index contributed by atoms with van der Waals surface area (Å²) in [7, 11) is 0. The maximum absolute atomic E-state index is 11.7. The second-order valence-corrected chi connectivity index (χ2v) is 6.72. The molecule has 1 aromatic rings. The van der Waals surface area contributed by atoms with Crippen LogP contribution in [0.25, 0.3) is 0 Å². The number of thioether (sulfide) groups is 1. The van der Waals surface area contributed by atoms with E-state index in [4.69, 9.17) is 0 Å². The molecule has 0 aliphatic heterocycles. The van der Waals surface area contributed by atoms with E-state index in [-0.39, 0.29) is 5.91 Å². The third-order valence-corrected chi connectivity index (χ3v) is 4.86. The Hall–Kier alpha value is -1.08. The van der Waals surface area contributed by atoms with Crippen molar-refractivity contribution >= 4 is 34.1 Å². The molecule has 19 heavy (non-hydrogen) atoms. The lowest BCUT2D eigenvalue weighted by Crippen LogP contribution is -2.35. The summed E-state index contributed by atoms with van der Waals surface area (Å²) in [5.41, 5.74) is 0. The van der Waals surface area contributed by atoms with Gasteiger partial charge in [-0.3, -0.25) is 4.79 Å². The molecule has 1 saturated carbocycles. The fourth-order valence-electron chi connectivity index (χ4n) is 1.64. The van der Waals surface area contributed by atoms with Crippen molar-refractivity contribution in [1.29, 1.82) is 0 Å². The summed E-state index contributed by atoms with van der Waals surface area (Å²) < 4.78 is 0.806. The largest absolute Gasteiger partial charge is 0.357 e. The standard InChI is InChI=1S/C12H18N4OS2/c1-3-6-13-11-15-16-12(19-11)18-7-10(17)14-8(2)9-4-5-9/h3,8-9H,1,4-7H2,2H3,(H,13,15)(H,14,17)/t8-/m1/s1. The zero-order valence-corrected chi connectivity index (χ0v) is 12.5. The Morgan fingerprint density at radius 1 is 1.63 bits per heavy atom. The second kappa shape index (κ2) is 6.91. The Morgan fingerprint density at radius 2 is 2.42 bits per heavy atom. The molecule has 2 N–H and O–H groups in total. The highest BCUT2D eigenvalue weighted by molar-refractivity contribution is 8.01. The normalized spacial score (nSPS) is 15.8. The van der Waals surface area contributed by atoms with Crippen LogP contribution in [0, 0.1) is 5.92 Å². The van der Waals surface area contributed by atoms with Crippen LogP contribution in [-0.4, -0.2) is 34.4 Å².